The van der Waals surface area contributed by atoms with E-state index in [1.54, 1.807) is 14.2 Å². The fourth-order valence-electron chi connectivity index (χ4n) is 3.11. The van der Waals surface area contributed by atoms with Gasteiger partial charge in [-0.3, -0.25) is 0 Å². The van der Waals surface area contributed by atoms with Crippen LogP contribution in [0.15, 0.2) is 30.3 Å². The molecule has 5 heteroatoms. The van der Waals surface area contributed by atoms with Gasteiger partial charge in [-0.1, -0.05) is 37.3 Å². The van der Waals surface area contributed by atoms with Crippen LogP contribution in [0.5, 0.6) is 0 Å². The summed E-state index contributed by atoms with van der Waals surface area (Å²) in [5.41, 5.74) is 1.01. The van der Waals surface area contributed by atoms with E-state index in [1.165, 1.54) is 0 Å². The van der Waals surface area contributed by atoms with E-state index in [2.05, 4.69) is 6.92 Å². The Balaban J connectivity index is 1.77. The molecule has 0 radical (unpaired) electrons. The average Bonchev–Trinajstić information content (AvgIpc) is 2.54. The van der Waals surface area contributed by atoms with Gasteiger partial charge < -0.3 is 23.7 Å². The van der Waals surface area contributed by atoms with E-state index in [0.717, 1.165) is 5.56 Å². The van der Waals surface area contributed by atoms with Gasteiger partial charge in [0.2, 0.25) is 0 Å². The minimum absolute atomic E-state index is 0.0798. The lowest BCUT2D eigenvalue weighted by Gasteiger charge is -2.47. The van der Waals surface area contributed by atoms with Crippen molar-refractivity contribution in [2.45, 2.75) is 37.8 Å². The minimum atomic E-state index is -0.375. The van der Waals surface area contributed by atoms with E-state index in [0.29, 0.717) is 6.61 Å². The second kappa shape index (κ2) is 6.42. The third-order valence-electron chi connectivity index (χ3n) is 4.22. The Kier molecular flexibility index (Phi) is 4.57. The van der Waals surface area contributed by atoms with Gasteiger partial charge in [0, 0.05) is 25.7 Å². The number of hydrogen-bond acceptors (Lipinski definition) is 5. The number of benzene rings is 1. The molecule has 0 bridgehead atoms. The maximum absolute atomic E-state index is 6.12. The molecule has 2 aliphatic rings. The van der Waals surface area contributed by atoms with Crippen molar-refractivity contribution >= 4 is 0 Å². The van der Waals surface area contributed by atoms with Gasteiger partial charge in [0.1, 0.15) is 12.2 Å². The smallest absolute Gasteiger partial charge is 0.184 e. The van der Waals surface area contributed by atoms with E-state index in [-0.39, 0.29) is 36.8 Å². The summed E-state index contributed by atoms with van der Waals surface area (Å²) >= 11 is 0. The SMILES string of the molecule is CO[C@H]1O[C@@H]2CO[C@@H](c3ccccc3)O[C@H]2[C@H](OC)[C@@H]1C. The zero-order chi connectivity index (χ0) is 14.8. The topological polar surface area (TPSA) is 46.2 Å². The molecule has 0 saturated carbocycles. The Labute approximate surface area is 125 Å². The van der Waals surface area contributed by atoms with Crippen molar-refractivity contribution in [1.29, 1.82) is 0 Å². The molecule has 2 fully saturated rings. The monoisotopic (exact) mass is 294 g/mol. The summed E-state index contributed by atoms with van der Waals surface area (Å²) in [5.74, 6) is 0.0933. The fraction of sp³-hybridized carbons (Fsp3) is 0.625. The predicted molar refractivity (Wildman–Crippen MR) is 75.6 cm³/mol. The van der Waals surface area contributed by atoms with Gasteiger partial charge in [0.15, 0.2) is 12.6 Å². The van der Waals surface area contributed by atoms with Crippen LogP contribution in [0.2, 0.25) is 0 Å². The Hall–Kier alpha value is -0.980. The Morgan fingerprint density at radius 3 is 2.48 bits per heavy atom. The number of rotatable bonds is 3. The molecule has 0 spiro atoms. The molecular formula is C16H22O5. The summed E-state index contributed by atoms with van der Waals surface area (Å²) in [6.07, 6.45) is -1.08. The highest BCUT2D eigenvalue weighted by molar-refractivity contribution is 5.16. The molecule has 21 heavy (non-hydrogen) atoms. The van der Waals surface area contributed by atoms with Crippen molar-refractivity contribution in [2.75, 3.05) is 20.8 Å². The lowest BCUT2D eigenvalue weighted by Crippen LogP contribution is -2.59. The summed E-state index contributed by atoms with van der Waals surface area (Å²) in [6, 6.07) is 9.92. The summed E-state index contributed by atoms with van der Waals surface area (Å²) in [4.78, 5) is 0. The maximum Gasteiger partial charge on any atom is 0.184 e. The van der Waals surface area contributed by atoms with Crippen molar-refractivity contribution in [1.82, 2.24) is 0 Å². The molecule has 0 aromatic heterocycles. The third-order valence-corrected chi connectivity index (χ3v) is 4.22. The summed E-state index contributed by atoms with van der Waals surface area (Å²) < 4.78 is 28.9. The van der Waals surface area contributed by atoms with Gasteiger partial charge in [-0.05, 0) is 0 Å². The van der Waals surface area contributed by atoms with E-state index in [4.69, 9.17) is 23.7 Å². The molecule has 1 aromatic rings. The summed E-state index contributed by atoms with van der Waals surface area (Å²) in [6.45, 7) is 2.52. The van der Waals surface area contributed by atoms with Crippen molar-refractivity contribution in [2.24, 2.45) is 5.92 Å². The number of hydrogen-bond donors (Lipinski definition) is 0. The number of ether oxygens (including phenoxy) is 5. The molecule has 6 atom stereocenters. The second-order valence-electron chi connectivity index (χ2n) is 5.51. The molecule has 1 aromatic carbocycles. The fourth-order valence-corrected chi connectivity index (χ4v) is 3.11. The van der Waals surface area contributed by atoms with Crippen LogP contribution in [0.3, 0.4) is 0 Å². The molecule has 5 nitrogen and oxygen atoms in total. The largest absolute Gasteiger partial charge is 0.378 e. The van der Waals surface area contributed by atoms with Crippen molar-refractivity contribution in [3.63, 3.8) is 0 Å². The maximum atomic E-state index is 6.12. The average molecular weight is 294 g/mol. The zero-order valence-electron chi connectivity index (χ0n) is 12.6. The highest BCUT2D eigenvalue weighted by Crippen LogP contribution is 2.37. The minimum Gasteiger partial charge on any atom is -0.378 e. The first-order valence-electron chi connectivity index (χ1n) is 7.27. The Morgan fingerprint density at radius 2 is 1.81 bits per heavy atom. The standard InChI is InChI=1S/C16H22O5/c1-10-13(17-2)14-12(20-15(10)18-3)9-19-16(21-14)11-7-5-4-6-8-11/h4-8,10,12-16H,9H2,1-3H3/t10-,12+,13+,14+,15-,16+/m0/s1. The quantitative estimate of drug-likeness (QED) is 0.854. The summed E-state index contributed by atoms with van der Waals surface area (Å²) in [7, 11) is 3.35. The molecule has 3 rings (SSSR count). The Morgan fingerprint density at radius 1 is 1.05 bits per heavy atom. The highest BCUT2D eigenvalue weighted by Gasteiger charge is 2.48. The van der Waals surface area contributed by atoms with Gasteiger partial charge in [-0.2, -0.15) is 0 Å². The van der Waals surface area contributed by atoms with Crippen molar-refractivity contribution in [3.8, 4) is 0 Å². The van der Waals surface area contributed by atoms with Gasteiger partial charge in [0.25, 0.3) is 0 Å². The van der Waals surface area contributed by atoms with E-state index < -0.39 is 0 Å². The lowest BCUT2D eigenvalue weighted by molar-refractivity contribution is -0.351. The van der Waals surface area contributed by atoms with Crippen LogP contribution in [-0.4, -0.2) is 45.4 Å². The second-order valence-corrected chi connectivity index (χ2v) is 5.51. The molecule has 2 aliphatic heterocycles. The van der Waals surface area contributed by atoms with Gasteiger partial charge in [-0.15, -0.1) is 0 Å². The van der Waals surface area contributed by atoms with Crippen LogP contribution in [0, 0.1) is 5.92 Å². The van der Waals surface area contributed by atoms with E-state index >= 15 is 0 Å². The van der Waals surface area contributed by atoms with Gasteiger partial charge in [-0.25, -0.2) is 0 Å². The normalized spacial score (nSPS) is 39.8. The first-order chi connectivity index (χ1) is 10.2. The molecular weight excluding hydrogens is 272 g/mol. The van der Waals surface area contributed by atoms with Crippen LogP contribution >= 0.6 is 0 Å². The molecule has 0 aliphatic carbocycles. The molecule has 0 amide bonds. The van der Waals surface area contributed by atoms with Gasteiger partial charge in [0.05, 0.1) is 12.7 Å². The molecule has 0 unspecified atom stereocenters. The van der Waals surface area contributed by atoms with Crippen LogP contribution in [-0.2, 0) is 23.7 Å². The first-order valence-corrected chi connectivity index (χ1v) is 7.27. The Bertz CT molecular complexity index is 451. The van der Waals surface area contributed by atoms with Crippen molar-refractivity contribution in [3.05, 3.63) is 35.9 Å². The molecule has 0 N–H and O–H groups in total. The summed E-state index contributed by atoms with van der Waals surface area (Å²) in [5, 5.41) is 0. The number of fused-ring (bicyclic) bond motifs is 1. The van der Waals surface area contributed by atoms with Crippen LogP contribution in [0.1, 0.15) is 18.8 Å². The van der Waals surface area contributed by atoms with E-state index in [1.807, 2.05) is 30.3 Å². The lowest BCUT2D eigenvalue weighted by atomic mass is 9.91. The van der Waals surface area contributed by atoms with Crippen LogP contribution in [0.4, 0.5) is 0 Å². The zero-order valence-corrected chi connectivity index (χ0v) is 12.6. The van der Waals surface area contributed by atoms with Gasteiger partial charge >= 0.3 is 0 Å². The first kappa shape index (κ1) is 14.9. The van der Waals surface area contributed by atoms with Crippen molar-refractivity contribution < 1.29 is 23.7 Å². The predicted octanol–water partition coefficient (Wildman–Crippen LogP) is 2.12. The number of methoxy groups -OCH3 is 2. The highest BCUT2D eigenvalue weighted by atomic mass is 16.7. The molecule has 116 valence electrons. The van der Waals surface area contributed by atoms with Crippen LogP contribution < -0.4 is 0 Å². The van der Waals surface area contributed by atoms with Crippen LogP contribution in [0.25, 0.3) is 0 Å². The molecule has 2 saturated heterocycles. The van der Waals surface area contributed by atoms with E-state index in [9.17, 15) is 0 Å². The molecule has 2 heterocycles. The third kappa shape index (κ3) is 2.84.